The number of thioether (sulfide) groups is 1. The fraction of sp³-hybridized carbons (Fsp3) is 1.00. The van der Waals surface area contributed by atoms with E-state index in [2.05, 4.69) is 4.18 Å². The van der Waals surface area contributed by atoms with Gasteiger partial charge in [-0.1, -0.05) is 0 Å². The SMILES string of the molecule is CSCC1CC(N)COS1(=O)=O. The summed E-state index contributed by atoms with van der Waals surface area (Å²) in [6, 6.07) is -0.134. The smallest absolute Gasteiger partial charge is 0.271 e. The van der Waals surface area contributed by atoms with Crippen LogP contribution in [0, 0.1) is 0 Å². The summed E-state index contributed by atoms with van der Waals surface area (Å²) in [4.78, 5) is 0. The van der Waals surface area contributed by atoms with Crippen molar-refractivity contribution in [2.24, 2.45) is 5.73 Å². The molecule has 0 aromatic rings. The summed E-state index contributed by atoms with van der Waals surface area (Å²) in [6.45, 7) is 0.132. The Morgan fingerprint density at radius 3 is 2.92 bits per heavy atom. The van der Waals surface area contributed by atoms with Gasteiger partial charge in [0.2, 0.25) is 0 Å². The van der Waals surface area contributed by atoms with Crippen molar-refractivity contribution in [1.29, 1.82) is 0 Å². The van der Waals surface area contributed by atoms with E-state index in [0.29, 0.717) is 12.2 Å². The Labute approximate surface area is 77.0 Å². The summed E-state index contributed by atoms with van der Waals surface area (Å²) in [5.74, 6) is 0.566. The lowest BCUT2D eigenvalue weighted by molar-refractivity contribution is 0.255. The van der Waals surface area contributed by atoms with Gasteiger partial charge in [0, 0.05) is 11.8 Å². The summed E-state index contributed by atoms with van der Waals surface area (Å²) in [5, 5.41) is -0.420. The van der Waals surface area contributed by atoms with Crippen molar-refractivity contribution < 1.29 is 12.6 Å². The average Bonchev–Trinajstić information content (AvgIpc) is 1.98. The third-order valence-electron chi connectivity index (χ3n) is 1.77. The molecule has 0 aliphatic carbocycles. The van der Waals surface area contributed by atoms with Crippen molar-refractivity contribution in [1.82, 2.24) is 0 Å². The highest BCUT2D eigenvalue weighted by atomic mass is 32.2. The molecule has 0 bridgehead atoms. The molecule has 1 heterocycles. The van der Waals surface area contributed by atoms with Gasteiger partial charge >= 0.3 is 0 Å². The van der Waals surface area contributed by atoms with Crippen LogP contribution in [0.1, 0.15) is 6.42 Å². The van der Waals surface area contributed by atoms with Crippen LogP contribution < -0.4 is 5.73 Å². The molecular formula is C6H13NO3S2. The van der Waals surface area contributed by atoms with Crippen LogP contribution in [0.2, 0.25) is 0 Å². The minimum atomic E-state index is -3.32. The number of hydrogen-bond donors (Lipinski definition) is 1. The molecule has 0 amide bonds. The number of hydrogen-bond acceptors (Lipinski definition) is 5. The first-order chi connectivity index (χ1) is 5.56. The Bertz CT molecular complexity index is 239. The van der Waals surface area contributed by atoms with E-state index < -0.39 is 15.4 Å². The fourth-order valence-corrected chi connectivity index (χ4v) is 3.76. The van der Waals surface area contributed by atoms with Crippen LogP contribution >= 0.6 is 11.8 Å². The molecule has 1 fully saturated rings. The molecule has 12 heavy (non-hydrogen) atoms. The van der Waals surface area contributed by atoms with Gasteiger partial charge in [0.25, 0.3) is 10.1 Å². The lowest BCUT2D eigenvalue weighted by Crippen LogP contribution is -2.42. The van der Waals surface area contributed by atoms with E-state index in [9.17, 15) is 8.42 Å². The van der Waals surface area contributed by atoms with Gasteiger partial charge in [-0.05, 0) is 12.7 Å². The molecule has 4 nitrogen and oxygen atoms in total. The maximum atomic E-state index is 11.2. The van der Waals surface area contributed by atoms with Gasteiger partial charge in [0.15, 0.2) is 0 Å². The largest absolute Gasteiger partial charge is 0.326 e. The predicted octanol–water partition coefficient (Wildman–Crippen LogP) is -0.205. The first-order valence-corrected chi connectivity index (χ1v) is 6.55. The summed E-state index contributed by atoms with van der Waals surface area (Å²) in [5.41, 5.74) is 5.58. The zero-order valence-corrected chi connectivity index (χ0v) is 8.53. The lowest BCUT2D eigenvalue weighted by atomic mass is 10.2. The summed E-state index contributed by atoms with van der Waals surface area (Å²) >= 11 is 1.50. The standard InChI is InChI=1S/C6H13NO3S2/c1-11-4-6-2-5(7)3-10-12(6,8)9/h5-6H,2-4,7H2,1H3. The molecule has 1 aliphatic rings. The first kappa shape index (κ1) is 10.3. The number of rotatable bonds is 2. The lowest BCUT2D eigenvalue weighted by Gasteiger charge is -2.25. The van der Waals surface area contributed by atoms with E-state index in [4.69, 9.17) is 5.73 Å². The van der Waals surface area contributed by atoms with Gasteiger partial charge in [-0.2, -0.15) is 20.2 Å². The van der Waals surface area contributed by atoms with Gasteiger partial charge in [0.05, 0.1) is 11.9 Å². The molecule has 2 N–H and O–H groups in total. The van der Waals surface area contributed by atoms with Crippen LogP contribution in [-0.2, 0) is 14.3 Å². The van der Waals surface area contributed by atoms with E-state index in [1.54, 1.807) is 0 Å². The normalized spacial score (nSPS) is 34.8. The highest BCUT2D eigenvalue weighted by molar-refractivity contribution is 7.99. The minimum Gasteiger partial charge on any atom is -0.326 e. The van der Waals surface area contributed by atoms with E-state index in [1.165, 1.54) is 11.8 Å². The summed E-state index contributed by atoms with van der Waals surface area (Å²) in [6.07, 6.45) is 2.39. The van der Waals surface area contributed by atoms with Crippen molar-refractivity contribution in [3.05, 3.63) is 0 Å². The van der Waals surface area contributed by atoms with Gasteiger partial charge in [0.1, 0.15) is 0 Å². The van der Waals surface area contributed by atoms with Crippen LogP contribution in [0.15, 0.2) is 0 Å². The molecule has 2 unspecified atom stereocenters. The zero-order valence-electron chi connectivity index (χ0n) is 6.89. The third kappa shape index (κ3) is 2.35. The van der Waals surface area contributed by atoms with Crippen molar-refractivity contribution in [2.45, 2.75) is 17.7 Å². The maximum Gasteiger partial charge on any atom is 0.271 e. The second-order valence-electron chi connectivity index (χ2n) is 2.85. The summed E-state index contributed by atoms with van der Waals surface area (Å²) < 4.78 is 27.1. The average molecular weight is 211 g/mol. The van der Waals surface area contributed by atoms with E-state index >= 15 is 0 Å². The highest BCUT2D eigenvalue weighted by Crippen LogP contribution is 2.19. The van der Waals surface area contributed by atoms with Crippen molar-refractivity contribution in [3.8, 4) is 0 Å². The minimum absolute atomic E-state index is 0.132. The molecule has 0 radical (unpaired) electrons. The van der Waals surface area contributed by atoms with Crippen LogP contribution in [0.5, 0.6) is 0 Å². The van der Waals surface area contributed by atoms with Crippen LogP contribution in [0.4, 0.5) is 0 Å². The highest BCUT2D eigenvalue weighted by Gasteiger charge is 2.33. The summed E-state index contributed by atoms with van der Waals surface area (Å²) in [7, 11) is -3.32. The first-order valence-electron chi connectivity index (χ1n) is 3.69. The van der Waals surface area contributed by atoms with Gasteiger partial charge in [-0.15, -0.1) is 0 Å². The molecule has 2 atom stereocenters. The predicted molar refractivity (Wildman–Crippen MR) is 49.6 cm³/mol. The Balaban J connectivity index is 2.66. The molecule has 0 aromatic carbocycles. The molecule has 0 spiro atoms. The number of nitrogens with two attached hydrogens (primary N) is 1. The zero-order chi connectivity index (χ0) is 9.19. The second kappa shape index (κ2) is 3.95. The third-order valence-corrected chi connectivity index (χ3v) is 4.36. The van der Waals surface area contributed by atoms with E-state index in [-0.39, 0.29) is 12.6 Å². The van der Waals surface area contributed by atoms with Gasteiger partial charge in [-0.25, -0.2) is 0 Å². The Kier molecular flexibility index (Phi) is 3.39. The van der Waals surface area contributed by atoms with Crippen LogP contribution in [-0.4, -0.2) is 38.3 Å². The molecular weight excluding hydrogens is 198 g/mol. The van der Waals surface area contributed by atoms with Crippen molar-refractivity contribution >= 4 is 21.9 Å². The molecule has 1 aliphatic heterocycles. The molecule has 0 aromatic heterocycles. The molecule has 6 heteroatoms. The fourth-order valence-electron chi connectivity index (χ4n) is 1.14. The van der Waals surface area contributed by atoms with Gasteiger partial charge < -0.3 is 5.73 Å². The second-order valence-corrected chi connectivity index (χ2v) is 5.65. The monoisotopic (exact) mass is 211 g/mol. The molecule has 1 saturated heterocycles. The molecule has 0 saturated carbocycles. The van der Waals surface area contributed by atoms with E-state index in [1.807, 2.05) is 6.26 Å². The van der Waals surface area contributed by atoms with Crippen LogP contribution in [0.3, 0.4) is 0 Å². The quantitative estimate of drug-likeness (QED) is 0.640. The Morgan fingerprint density at radius 1 is 1.67 bits per heavy atom. The van der Waals surface area contributed by atoms with Crippen molar-refractivity contribution in [3.63, 3.8) is 0 Å². The Morgan fingerprint density at radius 2 is 2.33 bits per heavy atom. The maximum absolute atomic E-state index is 11.2. The van der Waals surface area contributed by atoms with Crippen LogP contribution in [0.25, 0.3) is 0 Å². The van der Waals surface area contributed by atoms with Crippen molar-refractivity contribution in [2.75, 3.05) is 18.6 Å². The van der Waals surface area contributed by atoms with Gasteiger partial charge in [-0.3, -0.25) is 4.18 Å². The molecule has 72 valence electrons. The Hall–Kier alpha value is 0.220. The topological polar surface area (TPSA) is 69.4 Å². The van der Waals surface area contributed by atoms with E-state index in [0.717, 1.165) is 0 Å². The molecule has 1 rings (SSSR count).